The summed E-state index contributed by atoms with van der Waals surface area (Å²) in [6.45, 7) is 0. The summed E-state index contributed by atoms with van der Waals surface area (Å²) in [5.41, 5.74) is 3.85. The molecular weight excluding hydrogens is 287 g/mol. The molecule has 0 bridgehead atoms. The Labute approximate surface area is 118 Å². The van der Waals surface area contributed by atoms with Crippen molar-refractivity contribution in [2.24, 2.45) is 5.73 Å². The summed E-state index contributed by atoms with van der Waals surface area (Å²) in [5.74, 6) is -1.71. The van der Waals surface area contributed by atoms with Crippen LogP contribution in [0.5, 0.6) is 0 Å². The Morgan fingerprint density at radius 2 is 2.05 bits per heavy atom. The monoisotopic (exact) mass is 299 g/mol. The largest absolute Gasteiger partial charge is 0.416 e. The SMILES string of the molecule is N#CCC[C@H](NC(=O)c1cccc(C(F)(F)F)c1)C(N)=O. The van der Waals surface area contributed by atoms with Crippen molar-refractivity contribution in [2.75, 3.05) is 0 Å². The maximum absolute atomic E-state index is 12.5. The van der Waals surface area contributed by atoms with Gasteiger partial charge in [-0.05, 0) is 24.6 Å². The summed E-state index contributed by atoms with van der Waals surface area (Å²) in [4.78, 5) is 22.9. The van der Waals surface area contributed by atoms with Gasteiger partial charge in [0.25, 0.3) is 5.91 Å². The van der Waals surface area contributed by atoms with Gasteiger partial charge in [-0.2, -0.15) is 18.4 Å². The molecule has 0 aliphatic rings. The molecule has 0 heterocycles. The lowest BCUT2D eigenvalue weighted by molar-refractivity contribution is -0.137. The lowest BCUT2D eigenvalue weighted by Gasteiger charge is -2.14. The maximum atomic E-state index is 12.5. The highest BCUT2D eigenvalue weighted by Crippen LogP contribution is 2.29. The van der Waals surface area contributed by atoms with Crippen molar-refractivity contribution in [3.63, 3.8) is 0 Å². The molecule has 0 aromatic heterocycles. The second kappa shape index (κ2) is 6.74. The number of primary amides is 1. The fraction of sp³-hybridized carbons (Fsp3) is 0.308. The van der Waals surface area contributed by atoms with E-state index in [9.17, 15) is 22.8 Å². The molecule has 1 aromatic carbocycles. The second-order valence-corrected chi connectivity index (χ2v) is 4.20. The van der Waals surface area contributed by atoms with Crippen molar-refractivity contribution in [2.45, 2.75) is 25.1 Å². The first-order valence-electron chi connectivity index (χ1n) is 5.90. The topological polar surface area (TPSA) is 96.0 Å². The average molecular weight is 299 g/mol. The van der Waals surface area contributed by atoms with Crippen LogP contribution in [0.1, 0.15) is 28.8 Å². The number of nitrogens with one attached hydrogen (secondary N) is 1. The summed E-state index contributed by atoms with van der Waals surface area (Å²) in [6, 6.07) is 4.47. The Morgan fingerprint density at radius 3 is 2.57 bits per heavy atom. The molecule has 0 aliphatic carbocycles. The van der Waals surface area contributed by atoms with E-state index in [-0.39, 0.29) is 18.4 Å². The van der Waals surface area contributed by atoms with Gasteiger partial charge in [0.2, 0.25) is 5.91 Å². The molecule has 0 saturated heterocycles. The molecule has 5 nitrogen and oxygen atoms in total. The first-order chi connectivity index (χ1) is 9.75. The number of nitriles is 1. The number of nitrogens with two attached hydrogens (primary N) is 1. The zero-order valence-corrected chi connectivity index (χ0v) is 10.8. The van der Waals surface area contributed by atoms with Crippen LogP contribution < -0.4 is 11.1 Å². The zero-order valence-electron chi connectivity index (χ0n) is 10.8. The number of carbonyl (C=O) groups excluding carboxylic acids is 2. The molecule has 1 aromatic rings. The number of nitrogens with zero attached hydrogens (tertiary/aromatic N) is 1. The lowest BCUT2D eigenvalue weighted by Crippen LogP contribution is -2.44. The van der Waals surface area contributed by atoms with Gasteiger partial charge in [0, 0.05) is 12.0 Å². The number of alkyl halides is 3. The van der Waals surface area contributed by atoms with E-state index in [1.165, 1.54) is 6.07 Å². The molecule has 8 heteroatoms. The van der Waals surface area contributed by atoms with Crippen molar-refractivity contribution in [1.29, 1.82) is 5.26 Å². The van der Waals surface area contributed by atoms with Gasteiger partial charge in [-0.1, -0.05) is 6.07 Å². The molecule has 3 N–H and O–H groups in total. The summed E-state index contributed by atoms with van der Waals surface area (Å²) in [5, 5.41) is 10.6. The number of rotatable bonds is 5. The highest BCUT2D eigenvalue weighted by atomic mass is 19.4. The predicted molar refractivity (Wildman–Crippen MR) is 66.7 cm³/mol. The first kappa shape index (κ1) is 16.5. The number of halogens is 3. The van der Waals surface area contributed by atoms with E-state index >= 15 is 0 Å². The Kier molecular flexibility index (Phi) is 5.30. The van der Waals surface area contributed by atoms with Gasteiger partial charge < -0.3 is 11.1 Å². The zero-order chi connectivity index (χ0) is 16.0. The van der Waals surface area contributed by atoms with Crippen LogP contribution in [-0.4, -0.2) is 17.9 Å². The van der Waals surface area contributed by atoms with Crippen LogP contribution in [0.15, 0.2) is 24.3 Å². The summed E-state index contributed by atoms with van der Waals surface area (Å²) in [7, 11) is 0. The third-order valence-corrected chi connectivity index (χ3v) is 2.65. The molecule has 0 aliphatic heterocycles. The average Bonchev–Trinajstić information content (AvgIpc) is 2.42. The van der Waals surface area contributed by atoms with E-state index in [2.05, 4.69) is 5.32 Å². The van der Waals surface area contributed by atoms with E-state index in [0.29, 0.717) is 6.07 Å². The van der Waals surface area contributed by atoms with Crippen molar-refractivity contribution < 1.29 is 22.8 Å². The maximum Gasteiger partial charge on any atom is 0.416 e. The third-order valence-electron chi connectivity index (χ3n) is 2.65. The smallest absolute Gasteiger partial charge is 0.368 e. The molecule has 0 spiro atoms. The molecule has 21 heavy (non-hydrogen) atoms. The summed E-state index contributed by atoms with van der Waals surface area (Å²) >= 11 is 0. The third kappa shape index (κ3) is 4.80. The Hall–Kier alpha value is -2.56. The van der Waals surface area contributed by atoms with Crippen molar-refractivity contribution >= 4 is 11.8 Å². The number of amides is 2. The van der Waals surface area contributed by atoms with Crippen LogP contribution in [0, 0.1) is 11.3 Å². The predicted octanol–water partition coefficient (Wildman–Crippen LogP) is 1.59. The van der Waals surface area contributed by atoms with Crippen molar-refractivity contribution in [1.82, 2.24) is 5.32 Å². The molecule has 1 rings (SSSR count). The van der Waals surface area contributed by atoms with Gasteiger partial charge in [0.15, 0.2) is 0 Å². The van der Waals surface area contributed by atoms with Gasteiger partial charge in [-0.15, -0.1) is 0 Å². The lowest BCUT2D eigenvalue weighted by atomic mass is 10.1. The molecule has 1 atom stereocenters. The molecule has 2 amide bonds. The number of hydrogen-bond donors (Lipinski definition) is 2. The van der Waals surface area contributed by atoms with Crippen molar-refractivity contribution in [3.05, 3.63) is 35.4 Å². The van der Waals surface area contributed by atoms with Crippen LogP contribution in [0.3, 0.4) is 0 Å². The van der Waals surface area contributed by atoms with Gasteiger partial charge >= 0.3 is 6.18 Å². The van der Waals surface area contributed by atoms with Crippen molar-refractivity contribution in [3.8, 4) is 6.07 Å². The Balaban J connectivity index is 2.88. The second-order valence-electron chi connectivity index (χ2n) is 4.20. The minimum absolute atomic E-state index is 0.00344. The van der Waals surface area contributed by atoms with Gasteiger partial charge in [0.1, 0.15) is 6.04 Å². The minimum Gasteiger partial charge on any atom is -0.368 e. The fourth-order valence-electron chi connectivity index (χ4n) is 1.57. The quantitative estimate of drug-likeness (QED) is 0.864. The summed E-state index contributed by atoms with van der Waals surface area (Å²) in [6.07, 6.45) is -4.59. The van der Waals surface area contributed by atoms with Gasteiger partial charge in [-0.3, -0.25) is 9.59 Å². The Bertz CT molecular complexity index is 579. The normalized spacial score (nSPS) is 12.3. The van der Waals surface area contributed by atoms with E-state index < -0.39 is 29.6 Å². The van der Waals surface area contributed by atoms with Crippen LogP contribution in [0.4, 0.5) is 13.2 Å². The fourth-order valence-corrected chi connectivity index (χ4v) is 1.57. The number of hydrogen-bond acceptors (Lipinski definition) is 3. The van der Waals surface area contributed by atoms with Crippen LogP contribution in [0.25, 0.3) is 0 Å². The molecule has 0 saturated carbocycles. The number of carbonyl (C=O) groups is 2. The van der Waals surface area contributed by atoms with Crippen LogP contribution >= 0.6 is 0 Å². The highest BCUT2D eigenvalue weighted by Gasteiger charge is 2.31. The highest BCUT2D eigenvalue weighted by molar-refractivity contribution is 5.97. The Morgan fingerprint density at radius 1 is 1.38 bits per heavy atom. The standard InChI is InChI=1S/C13H12F3N3O2/c14-13(15,16)9-4-1-3-8(7-9)12(21)19-10(11(18)20)5-2-6-17/h1,3-4,7,10H,2,5H2,(H2,18,20)(H,19,21)/t10-/m0/s1. The van der Waals surface area contributed by atoms with E-state index in [0.717, 1.165) is 12.1 Å². The molecule has 0 unspecified atom stereocenters. The van der Waals surface area contributed by atoms with Gasteiger partial charge in [-0.25, -0.2) is 0 Å². The summed E-state index contributed by atoms with van der Waals surface area (Å²) < 4.78 is 37.6. The molecular formula is C13H12F3N3O2. The van der Waals surface area contributed by atoms with E-state index in [1.807, 2.05) is 0 Å². The molecule has 112 valence electrons. The first-order valence-corrected chi connectivity index (χ1v) is 5.90. The van der Waals surface area contributed by atoms with Crippen LogP contribution in [-0.2, 0) is 11.0 Å². The van der Waals surface area contributed by atoms with Gasteiger partial charge in [0.05, 0.1) is 11.6 Å². The van der Waals surface area contributed by atoms with E-state index in [4.69, 9.17) is 11.0 Å². The molecule has 0 radical (unpaired) electrons. The molecule has 0 fully saturated rings. The number of benzene rings is 1. The van der Waals surface area contributed by atoms with E-state index in [1.54, 1.807) is 6.07 Å². The minimum atomic E-state index is -4.57. The van der Waals surface area contributed by atoms with Crippen LogP contribution in [0.2, 0.25) is 0 Å².